The monoisotopic (exact) mass is 536 g/mol. The number of aromatic nitrogens is 1. The highest BCUT2D eigenvalue weighted by Gasteiger charge is 2.37. The summed E-state index contributed by atoms with van der Waals surface area (Å²) in [6.45, 7) is 1.87. The lowest BCUT2D eigenvalue weighted by Gasteiger charge is -2.31. The van der Waals surface area contributed by atoms with Crippen LogP contribution in [0, 0.1) is 0 Å². The number of methoxy groups -OCH3 is 2. The Labute approximate surface area is 226 Å². The van der Waals surface area contributed by atoms with E-state index in [1.807, 2.05) is 54.6 Å². The molecule has 0 radical (unpaired) electrons. The van der Waals surface area contributed by atoms with E-state index < -0.39 is 42.0 Å². The number of amides is 1. The molecule has 2 aromatic carbocycles. The molecular weight excluding hydrogens is 504 g/mol. The number of carbonyl (C=O) groups excluding carboxylic acids is 2. The van der Waals surface area contributed by atoms with E-state index in [-0.39, 0.29) is 24.5 Å². The van der Waals surface area contributed by atoms with Crippen LogP contribution in [0.5, 0.6) is 23.0 Å². The summed E-state index contributed by atoms with van der Waals surface area (Å²) in [6, 6.07) is 17.3. The second kappa shape index (κ2) is 13.0. The van der Waals surface area contributed by atoms with Gasteiger partial charge in [-0.2, -0.15) is 0 Å². The van der Waals surface area contributed by atoms with E-state index in [2.05, 4.69) is 10.3 Å². The highest BCUT2D eigenvalue weighted by Crippen LogP contribution is 2.28. The summed E-state index contributed by atoms with van der Waals surface area (Å²) < 4.78 is 28.7. The number of ether oxygens (including phenoxy) is 5. The highest BCUT2D eigenvalue weighted by atomic mass is 16.6. The second-order valence-corrected chi connectivity index (χ2v) is 9.02. The predicted octanol–water partition coefficient (Wildman–Crippen LogP) is 3.31. The van der Waals surface area contributed by atoms with Gasteiger partial charge < -0.3 is 34.1 Å². The second-order valence-electron chi connectivity index (χ2n) is 9.02. The molecule has 10 nitrogen and oxygen atoms in total. The first-order valence-electron chi connectivity index (χ1n) is 12.6. The quantitative estimate of drug-likeness (QED) is 0.417. The number of benzene rings is 2. The Hall–Kier alpha value is -4.31. The van der Waals surface area contributed by atoms with Gasteiger partial charge in [0.1, 0.15) is 29.7 Å². The van der Waals surface area contributed by atoms with Gasteiger partial charge in [-0.05, 0) is 36.8 Å². The first-order chi connectivity index (χ1) is 18.9. The van der Waals surface area contributed by atoms with Gasteiger partial charge >= 0.3 is 5.97 Å². The van der Waals surface area contributed by atoms with Crippen LogP contribution >= 0.6 is 0 Å². The van der Waals surface area contributed by atoms with Crippen molar-refractivity contribution in [3.8, 4) is 23.0 Å². The predicted molar refractivity (Wildman–Crippen MR) is 141 cm³/mol. The van der Waals surface area contributed by atoms with Crippen molar-refractivity contribution < 1.29 is 38.4 Å². The Bertz CT molecular complexity index is 1250. The summed E-state index contributed by atoms with van der Waals surface area (Å²) in [5, 5.41) is 12.9. The molecule has 206 valence electrons. The Kier molecular flexibility index (Phi) is 9.22. The number of rotatable bonds is 8. The Morgan fingerprint density at radius 2 is 1.79 bits per heavy atom. The zero-order chi connectivity index (χ0) is 27.8. The molecule has 1 fully saturated rings. The number of esters is 1. The van der Waals surface area contributed by atoms with Crippen LogP contribution in [-0.4, -0.2) is 67.1 Å². The molecule has 2 heterocycles. The molecule has 4 rings (SSSR count). The van der Waals surface area contributed by atoms with E-state index in [9.17, 15) is 14.7 Å². The Balaban J connectivity index is 1.55. The van der Waals surface area contributed by atoms with Crippen LogP contribution in [0.1, 0.15) is 29.4 Å². The van der Waals surface area contributed by atoms with Gasteiger partial charge in [0, 0.05) is 31.7 Å². The van der Waals surface area contributed by atoms with E-state index >= 15 is 0 Å². The van der Waals surface area contributed by atoms with Crippen LogP contribution in [0.2, 0.25) is 0 Å². The highest BCUT2D eigenvalue weighted by molar-refractivity contribution is 5.97. The summed E-state index contributed by atoms with van der Waals surface area (Å²) in [5.41, 5.74) is 0.725. The fourth-order valence-electron chi connectivity index (χ4n) is 4.31. The maximum absolute atomic E-state index is 13.2. The molecule has 1 amide bonds. The average Bonchev–Trinajstić information content (AvgIpc) is 2.99. The van der Waals surface area contributed by atoms with E-state index in [0.717, 1.165) is 11.3 Å². The summed E-state index contributed by atoms with van der Waals surface area (Å²) in [5.74, 6) is -0.373. The topological polar surface area (TPSA) is 125 Å². The number of nitrogens with one attached hydrogen (secondary N) is 1. The molecule has 0 bridgehead atoms. The van der Waals surface area contributed by atoms with Crippen LogP contribution in [0.4, 0.5) is 0 Å². The number of carbonyl (C=O) groups is 2. The first-order valence-corrected chi connectivity index (χ1v) is 12.6. The lowest BCUT2D eigenvalue weighted by Crippen LogP contribution is -2.47. The maximum Gasteiger partial charge on any atom is 0.329 e. The number of nitrogens with zero attached hydrogens (tertiary/aromatic N) is 1. The molecule has 10 heteroatoms. The van der Waals surface area contributed by atoms with Crippen molar-refractivity contribution in [3.05, 3.63) is 78.1 Å². The molecular formula is C29H32N2O8. The van der Waals surface area contributed by atoms with Gasteiger partial charge in [-0.25, -0.2) is 9.78 Å². The van der Waals surface area contributed by atoms with E-state index in [0.29, 0.717) is 12.2 Å². The molecule has 4 atom stereocenters. The standard InChI is InChI=1S/C29H32N2O8/c1-18-27(39-21-7-5-4-6-8-21)24(17-19-9-11-20(35-2)12-10-19)37-16-14-22(29(34)38-18)31-28(33)25-26(32)23(36-3)13-15-30-25/h4-13,15,18,22,24,27,32H,14,16-17H2,1-3H3,(H,31,33)/t18-,22-,24+,27-/m0/s1. The fourth-order valence-corrected chi connectivity index (χ4v) is 4.31. The first kappa shape index (κ1) is 27.7. The Morgan fingerprint density at radius 3 is 2.49 bits per heavy atom. The van der Waals surface area contributed by atoms with Crippen molar-refractivity contribution in [1.82, 2.24) is 10.3 Å². The smallest absolute Gasteiger partial charge is 0.329 e. The lowest BCUT2D eigenvalue weighted by atomic mass is 10.00. The van der Waals surface area contributed by atoms with Crippen LogP contribution < -0.4 is 19.5 Å². The van der Waals surface area contributed by atoms with Crippen molar-refractivity contribution in [1.29, 1.82) is 0 Å². The van der Waals surface area contributed by atoms with E-state index in [1.54, 1.807) is 14.0 Å². The fraction of sp³-hybridized carbons (Fsp3) is 0.345. The number of hydrogen-bond donors (Lipinski definition) is 2. The SMILES string of the molecule is COc1ccc(C[C@H]2OCC[C@H](NC(=O)c3nccc(OC)c3O)C(=O)O[C@@H](C)[C@@H]2Oc2ccccc2)cc1. The molecule has 2 N–H and O–H groups in total. The molecule has 39 heavy (non-hydrogen) atoms. The van der Waals surface area contributed by atoms with Gasteiger partial charge in [0.25, 0.3) is 5.91 Å². The lowest BCUT2D eigenvalue weighted by molar-refractivity contribution is -0.157. The van der Waals surface area contributed by atoms with Gasteiger partial charge in [0.05, 0.1) is 14.2 Å². The van der Waals surface area contributed by atoms with E-state index in [1.165, 1.54) is 19.4 Å². The normalized spacial score (nSPS) is 21.5. The number of para-hydroxylation sites is 1. The molecule has 0 unspecified atom stereocenters. The zero-order valence-electron chi connectivity index (χ0n) is 22.0. The van der Waals surface area contributed by atoms with Crippen LogP contribution in [0.25, 0.3) is 0 Å². The van der Waals surface area contributed by atoms with Gasteiger partial charge in [-0.1, -0.05) is 30.3 Å². The van der Waals surface area contributed by atoms with Gasteiger partial charge in [-0.15, -0.1) is 0 Å². The van der Waals surface area contributed by atoms with Gasteiger partial charge in [-0.3, -0.25) is 4.79 Å². The number of cyclic esters (lactones) is 1. The summed E-state index contributed by atoms with van der Waals surface area (Å²) in [7, 11) is 2.97. The Morgan fingerprint density at radius 1 is 1.05 bits per heavy atom. The number of hydrogen-bond acceptors (Lipinski definition) is 9. The molecule has 1 aliphatic heterocycles. The van der Waals surface area contributed by atoms with Crippen LogP contribution in [0.15, 0.2) is 66.9 Å². The van der Waals surface area contributed by atoms with Crippen molar-refractivity contribution in [3.63, 3.8) is 0 Å². The van der Waals surface area contributed by atoms with Crippen molar-refractivity contribution in [2.45, 2.75) is 44.1 Å². The van der Waals surface area contributed by atoms with E-state index in [4.69, 9.17) is 23.7 Å². The van der Waals surface area contributed by atoms with Crippen molar-refractivity contribution in [2.24, 2.45) is 0 Å². The number of pyridine rings is 1. The maximum atomic E-state index is 13.2. The minimum atomic E-state index is -1.04. The third-order valence-corrected chi connectivity index (χ3v) is 6.39. The summed E-state index contributed by atoms with van der Waals surface area (Å²) >= 11 is 0. The van der Waals surface area contributed by atoms with Crippen LogP contribution in [0.3, 0.4) is 0 Å². The molecule has 0 spiro atoms. The van der Waals surface area contributed by atoms with Crippen LogP contribution in [-0.2, 0) is 20.7 Å². The molecule has 1 aromatic heterocycles. The molecule has 1 aliphatic rings. The third kappa shape index (κ3) is 6.97. The molecule has 1 saturated heterocycles. The minimum Gasteiger partial charge on any atom is -0.503 e. The molecule has 0 saturated carbocycles. The van der Waals surface area contributed by atoms with Crippen molar-refractivity contribution in [2.75, 3.05) is 20.8 Å². The molecule has 3 aromatic rings. The summed E-state index contributed by atoms with van der Waals surface area (Å²) in [4.78, 5) is 30.0. The average molecular weight is 537 g/mol. The number of aromatic hydroxyl groups is 1. The largest absolute Gasteiger partial charge is 0.503 e. The van der Waals surface area contributed by atoms with Gasteiger partial charge in [0.15, 0.2) is 23.3 Å². The third-order valence-electron chi connectivity index (χ3n) is 6.39. The van der Waals surface area contributed by atoms with Gasteiger partial charge in [0.2, 0.25) is 0 Å². The summed E-state index contributed by atoms with van der Waals surface area (Å²) in [6.07, 6.45) is 0.121. The van der Waals surface area contributed by atoms with Crippen molar-refractivity contribution >= 4 is 11.9 Å². The molecule has 0 aliphatic carbocycles. The zero-order valence-corrected chi connectivity index (χ0v) is 22.0. The minimum absolute atomic E-state index is 0.0893.